The summed E-state index contributed by atoms with van der Waals surface area (Å²) in [6.45, 7) is 19.4. The average Bonchev–Trinajstić information content (AvgIpc) is 0.981. The van der Waals surface area contributed by atoms with E-state index in [4.69, 9.17) is 8.22 Å². The lowest BCUT2D eigenvalue weighted by atomic mass is 9.33. The number of nitriles is 1. The molecular formula is C91H75BN4. The lowest BCUT2D eigenvalue weighted by Crippen LogP contribution is -2.61. The molecule has 0 fully saturated rings. The maximum absolute atomic E-state index is 11.9. The van der Waals surface area contributed by atoms with Crippen molar-refractivity contribution in [1.29, 1.82) is 5.26 Å². The van der Waals surface area contributed by atoms with Crippen molar-refractivity contribution >= 4 is 79.0 Å². The van der Waals surface area contributed by atoms with Crippen LogP contribution < -0.4 is 26.2 Å². The van der Waals surface area contributed by atoms with E-state index in [1.165, 1.54) is 0 Å². The van der Waals surface area contributed by atoms with E-state index in [0.717, 1.165) is 116 Å². The summed E-state index contributed by atoms with van der Waals surface area (Å²) in [4.78, 5) is 4.52. The maximum atomic E-state index is 11.9. The number of para-hydroxylation sites is 2. The summed E-state index contributed by atoms with van der Waals surface area (Å²) in [5, 5.41) is 14.0. The van der Waals surface area contributed by atoms with Gasteiger partial charge in [-0.15, -0.1) is 0 Å². The molecule has 462 valence electrons. The fourth-order valence-corrected chi connectivity index (χ4v) is 14.4. The first-order valence-corrected chi connectivity index (χ1v) is 32.9. The zero-order valence-corrected chi connectivity index (χ0v) is 55.3. The molecule has 0 radical (unpaired) electrons. The molecule has 0 saturated carbocycles. The number of rotatable bonds is 9. The van der Waals surface area contributed by atoms with Crippen LogP contribution in [0.5, 0.6) is 0 Å². The van der Waals surface area contributed by atoms with Gasteiger partial charge in [0.2, 0.25) is 0 Å². The van der Waals surface area contributed by atoms with Gasteiger partial charge >= 0.3 is 0 Å². The highest BCUT2D eigenvalue weighted by Crippen LogP contribution is 2.54. The maximum Gasteiger partial charge on any atom is 0.252 e. The zero-order valence-electron chi connectivity index (χ0n) is 65.3. The van der Waals surface area contributed by atoms with Gasteiger partial charge in [-0.3, -0.25) is 0 Å². The Balaban J connectivity index is 1.12. The van der Waals surface area contributed by atoms with Crippen LogP contribution >= 0.6 is 0 Å². The molecule has 0 unspecified atom stereocenters. The summed E-state index contributed by atoms with van der Waals surface area (Å²) in [6, 6.07) is 78.0. The highest BCUT2D eigenvalue weighted by molar-refractivity contribution is 7.00. The molecule has 0 N–H and O–H groups in total. The second kappa shape index (κ2) is 23.1. The Morgan fingerprint density at radius 3 is 1.34 bits per heavy atom. The number of hydrogen-bond acceptors (Lipinski definition) is 3. The lowest BCUT2D eigenvalue weighted by Gasteiger charge is -2.46. The summed E-state index contributed by atoms with van der Waals surface area (Å²) in [6.07, 6.45) is 0. The molecule has 2 aliphatic heterocycles. The van der Waals surface area contributed by atoms with Crippen LogP contribution in [0.3, 0.4) is 0 Å². The molecule has 14 aromatic rings. The monoisotopic (exact) mass is 1240 g/mol. The molecule has 0 bridgehead atoms. The fourth-order valence-electron chi connectivity index (χ4n) is 14.4. The number of hydrogen-bond donors (Lipinski definition) is 0. The number of benzene rings is 13. The molecule has 0 saturated heterocycles. The molecule has 0 amide bonds. The van der Waals surface area contributed by atoms with Crippen LogP contribution in [0.4, 0.5) is 34.1 Å². The van der Waals surface area contributed by atoms with Crippen LogP contribution in [-0.4, -0.2) is 11.3 Å². The summed E-state index contributed by atoms with van der Waals surface area (Å²) >= 11 is 0. The van der Waals surface area contributed by atoms with Gasteiger partial charge in [-0.25, -0.2) is 0 Å². The first kappa shape index (κ1) is 49.4. The second-order valence-corrected chi connectivity index (χ2v) is 28.5. The van der Waals surface area contributed by atoms with E-state index >= 15 is 0 Å². The van der Waals surface area contributed by atoms with Crippen LogP contribution in [0.1, 0.15) is 98.3 Å². The van der Waals surface area contributed by atoms with Gasteiger partial charge in [0, 0.05) is 50.3 Å². The second-order valence-electron chi connectivity index (χ2n) is 28.5. The minimum absolute atomic E-state index is 0.0109. The van der Waals surface area contributed by atoms with Gasteiger partial charge in [-0.1, -0.05) is 280 Å². The van der Waals surface area contributed by atoms with E-state index in [9.17, 15) is 10.7 Å². The van der Waals surface area contributed by atoms with E-state index in [0.29, 0.717) is 39.4 Å². The Labute approximate surface area is 579 Å². The van der Waals surface area contributed by atoms with Crippen LogP contribution in [0.15, 0.2) is 291 Å². The first-order chi connectivity index (χ1) is 50.6. The molecule has 0 atom stereocenters. The highest BCUT2D eigenvalue weighted by Gasteiger charge is 2.46. The van der Waals surface area contributed by atoms with Crippen molar-refractivity contribution in [3.8, 4) is 78.5 Å². The van der Waals surface area contributed by atoms with Gasteiger partial charge in [0.25, 0.3) is 6.71 Å². The van der Waals surface area contributed by atoms with E-state index < -0.39 is 43.0 Å². The van der Waals surface area contributed by atoms with Gasteiger partial charge in [-0.2, -0.15) is 5.26 Å². The van der Waals surface area contributed by atoms with Crippen molar-refractivity contribution in [2.45, 2.75) is 78.6 Å². The molecule has 0 aliphatic carbocycles. The molecule has 1 aromatic heterocycles. The quantitative estimate of drug-likeness (QED) is 0.135. The molecule has 13 aromatic carbocycles. The third kappa shape index (κ3) is 10.3. The van der Waals surface area contributed by atoms with Crippen molar-refractivity contribution < 1.29 is 13.7 Å². The predicted molar refractivity (Wildman–Crippen MR) is 408 cm³/mol. The summed E-state index contributed by atoms with van der Waals surface area (Å²) in [5.41, 5.74) is 20.0. The van der Waals surface area contributed by atoms with E-state index in [2.05, 4.69) is 216 Å². The van der Waals surface area contributed by atoms with Gasteiger partial charge in [-0.05, 0) is 178 Å². The van der Waals surface area contributed by atoms with E-state index in [1.54, 1.807) is 0 Å². The standard InChI is InChI=1S/C91H75BN4/c1-89(2,3)70-48-68(49-71(54-70)90(4,5)6)69-52-85-87-86(53-69)96(88-76(62-33-20-13-21-34-62)55-72(91(7,8)9)56-77(88)66-36-26-35-63(47-66)59-27-14-10-15-28-59)84-51-65(61-31-18-12-19-32-61)43-46-79(84)92(87)78-45-42-64(60-29-16-11-17-30-60)50-83(78)95(85)82-57-73(44-41-67(82)58-93)94-80-39-24-22-37-74(80)75-38-23-25-40-81(75)94/h10-57H,1-9H3/i11D,12D,16D,17D,18D,19D,29D,30D,31D,32D. The van der Waals surface area contributed by atoms with E-state index in [-0.39, 0.29) is 51.5 Å². The summed E-state index contributed by atoms with van der Waals surface area (Å²) < 4.78 is 94.4. The minimum atomic E-state index is -0.685. The third-order valence-electron chi connectivity index (χ3n) is 19.4. The molecule has 96 heavy (non-hydrogen) atoms. The molecule has 5 heteroatoms. The Bertz CT molecular complexity index is 5930. The molecule has 3 heterocycles. The van der Waals surface area contributed by atoms with Crippen LogP contribution in [0, 0.1) is 11.3 Å². The fraction of sp³-hybridized carbons (Fsp3) is 0.132. The third-order valence-corrected chi connectivity index (χ3v) is 19.4. The van der Waals surface area contributed by atoms with Crippen molar-refractivity contribution in [3.63, 3.8) is 0 Å². The van der Waals surface area contributed by atoms with Gasteiger partial charge in [0.05, 0.1) is 41.7 Å². The number of aromatic nitrogens is 1. The lowest BCUT2D eigenvalue weighted by molar-refractivity contribution is 0.569. The van der Waals surface area contributed by atoms with Crippen LogP contribution in [-0.2, 0) is 16.2 Å². The number of nitrogens with zero attached hydrogens (tertiary/aromatic N) is 4. The molecule has 4 nitrogen and oxygen atoms in total. The Morgan fingerprint density at radius 1 is 0.344 bits per heavy atom. The number of anilines is 6. The summed E-state index contributed by atoms with van der Waals surface area (Å²) in [7, 11) is 0. The highest BCUT2D eigenvalue weighted by atomic mass is 15.2. The predicted octanol–water partition coefficient (Wildman–Crippen LogP) is 22.6. The SMILES string of the molecule is [2H]c1c([2H])c([2H])c(-c2ccc3c(c2)N(c2cc(-n4c5ccccc5c5ccccc54)ccc2C#N)c2cc(-c4cc(C(C)(C)C)cc(C(C)(C)C)c4)cc4c2B3c2ccc(-c3c([2H])c([2H])c([2H])c([2H])c3[2H])cc2N4c2c(-c3ccccc3)cc(C(C)(C)C)cc2-c2cccc(-c3ccccc3)c2)c([2H])c1[2H]. The Morgan fingerprint density at radius 2 is 0.792 bits per heavy atom. The molecule has 0 spiro atoms. The summed E-state index contributed by atoms with van der Waals surface area (Å²) in [5.74, 6) is 0. The zero-order chi connectivity index (χ0) is 74.5. The number of fused-ring (bicyclic) bond motifs is 7. The molecule has 16 rings (SSSR count). The van der Waals surface area contributed by atoms with Crippen molar-refractivity contribution in [1.82, 2.24) is 4.57 Å². The molecular weight excluding hydrogens is 1160 g/mol. The Kier molecular flexibility index (Phi) is 11.9. The first-order valence-electron chi connectivity index (χ1n) is 37.9. The van der Waals surface area contributed by atoms with Crippen molar-refractivity contribution in [2.75, 3.05) is 9.80 Å². The minimum Gasteiger partial charge on any atom is -0.310 e. The topological polar surface area (TPSA) is 35.2 Å². The van der Waals surface area contributed by atoms with Crippen molar-refractivity contribution in [3.05, 3.63) is 313 Å². The van der Waals surface area contributed by atoms with Gasteiger partial charge < -0.3 is 14.4 Å². The van der Waals surface area contributed by atoms with Crippen LogP contribution in [0.2, 0.25) is 0 Å². The average molecular weight is 1250 g/mol. The largest absolute Gasteiger partial charge is 0.310 e. The molecule has 2 aliphatic rings. The van der Waals surface area contributed by atoms with Crippen LogP contribution in [0.25, 0.3) is 94.3 Å². The Hall–Kier alpha value is -11.2. The van der Waals surface area contributed by atoms with Gasteiger partial charge in [0.15, 0.2) is 0 Å². The van der Waals surface area contributed by atoms with E-state index in [1.807, 2.05) is 97.1 Å². The smallest absolute Gasteiger partial charge is 0.252 e. The normalized spacial score (nSPS) is 14.2. The van der Waals surface area contributed by atoms with Crippen molar-refractivity contribution in [2.24, 2.45) is 0 Å². The van der Waals surface area contributed by atoms with Gasteiger partial charge in [0.1, 0.15) is 6.07 Å².